The molecular weight excluding hydrogens is 316 g/mol. The quantitative estimate of drug-likeness (QED) is 0.937. The maximum absolute atomic E-state index is 11.8. The molecule has 2 rings (SSSR count). The largest absolute Gasteiger partial charge is 0.281 e. The lowest BCUT2D eigenvalue weighted by molar-refractivity contribution is 0.600. The van der Waals surface area contributed by atoms with E-state index in [1.165, 1.54) is 0 Å². The molecule has 0 spiro atoms. The lowest BCUT2D eigenvalue weighted by Crippen LogP contribution is -2.16. The van der Waals surface area contributed by atoms with E-state index in [2.05, 4.69) is 25.6 Å². The maximum Gasteiger partial charge on any atom is 0.232 e. The predicted octanol–water partition coefficient (Wildman–Crippen LogP) is 3.15. The van der Waals surface area contributed by atoms with Crippen LogP contribution in [0.2, 0.25) is 0 Å². The summed E-state index contributed by atoms with van der Waals surface area (Å²) in [4.78, 5) is 4.25. The van der Waals surface area contributed by atoms with Crippen molar-refractivity contribution in [3.8, 4) is 0 Å². The van der Waals surface area contributed by atoms with Crippen molar-refractivity contribution in [3.05, 3.63) is 34.9 Å². The first kappa shape index (κ1) is 13.3. The average molecular weight is 329 g/mol. The Morgan fingerprint density at radius 3 is 2.89 bits per heavy atom. The monoisotopic (exact) mass is 328 g/mol. The SMILES string of the molecule is CCCS(=O)(=O)Nc1cccc2cc(Br)cnc12. The van der Waals surface area contributed by atoms with E-state index in [1.807, 2.05) is 19.1 Å². The van der Waals surface area contributed by atoms with Gasteiger partial charge in [0.2, 0.25) is 10.0 Å². The van der Waals surface area contributed by atoms with Crippen LogP contribution in [0.25, 0.3) is 10.9 Å². The van der Waals surface area contributed by atoms with Crippen LogP contribution in [0, 0.1) is 0 Å². The van der Waals surface area contributed by atoms with Gasteiger partial charge in [-0.1, -0.05) is 19.1 Å². The number of benzene rings is 1. The number of fused-ring (bicyclic) bond motifs is 1. The van der Waals surface area contributed by atoms with Crippen molar-refractivity contribution in [2.24, 2.45) is 0 Å². The van der Waals surface area contributed by atoms with Gasteiger partial charge < -0.3 is 0 Å². The zero-order chi connectivity index (χ0) is 13.2. The lowest BCUT2D eigenvalue weighted by Gasteiger charge is -2.09. The fourth-order valence-corrected chi connectivity index (χ4v) is 3.19. The number of anilines is 1. The van der Waals surface area contributed by atoms with Gasteiger partial charge in [0.1, 0.15) is 0 Å². The van der Waals surface area contributed by atoms with Gasteiger partial charge in [0, 0.05) is 16.1 Å². The summed E-state index contributed by atoms with van der Waals surface area (Å²) in [7, 11) is -3.29. The zero-order valence-corrected chi connectivity index (χ0v) is 12.3. The highest BCUT2D eigenvalue weighted by Gasteiger charge is 2.11. The number of hydrogen-bond acceptors (Lipinski definition) is 3. The van der Waals surface area contributed by atoms with E-state index in [0.717, 1.165) is 9.86 Å². The third kappa shape index (κ3) is 3.00. The number of para-hydroxylation sites is 1. The topological polar surface area (TPSA) is 59.1 Å². The molecule has 0 amide bonds. The number of hydrogen-bond donors (Lipinski definition) is 1. The normalized spacial score (nSPS) is 11.7. The highest BCUT2D eigenvalue weighted by molar-refractivity contribution is 9.10. The molecule has 96 valence electrons. The van der Waals surface area contributed by atoms with Crippen molar-refractivity contribution in [1.82, 2.24) is 4.98 Å². The standard InChI is InChI=1S/C12H13BrN2O2S/c1-2-6-18(16,17)15-11-5-3-4-9-7-10(13)8-14-12(9)11/h3-5,7-8,15H,2,6H2,1H3. The van der Waals surface area contributed by atoms with Crippen LogP contribution >= 0.6 is 15.9 Å². The van der Waals surface area contributed by atoms with E-state index in [9.17, 15) is 8.42 Å². The van der Waals surface area contributed by atoms with E-state index >= 15 is 0 Å². The molecule has 1 aromatic heterocycles. The average Bonchev–Trinajstić information content (AvgIpc) is 2.28. The maximum atomic E-state index is 11.8. The van der Waals surface area contributed by atoms with E-state index in [1.54, 1.807) is 18.3 Å². The Bertz CT molecular complexity index is 671. The van der Waals surface area contributed by atoms with Gasteiger partial charge in [0.25, 0.3) is 0 Å². The molecule has 1 N–H and O–H groups in total. The lowest BCUT2D eigenvalue weighted by atomic mass is 10.2. The van der Waals surface area contributed by atoms with E-state index in [4.69, 9.17) is 0 Å². The summed E-state index contributed by atoms with van der Waals surface area (Å²) in [5, 5.41) is 0.890. The van der Waals surface area contributed by atoms with Crippen molar-refractivity contribution >= 4 is 42.5 Å². The molecule has 0 fully saturated rings. The third-order valence-corrected chi connectivity index (χ3v) is 4.33. The molecule has 6 heteroatoms. The van der Waals surface area contributed by atoms with E-state index in [0.29, 0.717) is 17.6 Å². The van der Waals surface area contributed by atoms with Crippen molar-refractivity contribution in [1.29, 1.82) is 0 Å². The number of nitrogens with one attached hydrogen (secondary N) is 1. The first-order valence-electron chi connectivity index (χ1n) is 5.56. The second-order valence-electron chi connectivity index (χ2n) is 3.95. The molecule has 0 atom stereocenters. The van der Waals surface area contributed by atoms with Crippen LogP contribution in [0.3, 0.4) is 0 Å². The third-order valence-electron chi connectivity index (χ3n) is 2.42. The summed E-state index contributed by atoms with van der Waals surface area (Å²) in [5.74, 6) is 0.111. The fourth-order valence-electron chi connectivity index (χ4n) is 1.70. The molecule has 18 heavy (non-hydrogen) atoms. The highest BCUT2D eigenvalue weighted by Crippen LogP contribution is 2.24. The smallest absolute Gasteiger partial charge is 0.232 e. The Hall–Kier alpha value is -1.14. The van der Waals surface area contributed by atoms with Crippen molar-refractivity contribution in [2.45, 2.75) is 13.3 Å². The molecule has 0 bridgehead atoms. The van der Waals surface area contributed by atoms with Gasteiger partial charge in [-0.2, -0.15) is 0 Å². The molecule has 0 saturated heterocycles. The molecule has 0 saturated carbocycles. The van der Waals surface area contributed by atoms with Crippen molar-refractivity contribution in [3.63, 3.8) is 0 Å². The fraction of sp³-hybridized carbons (Fsp3) is 0.250. The molecular formula is C12H13BrN2O2S. The van der Waals surface area contributed by atoms with Crippen molar-refractivity contribution < 1.29 is 8.42 Å². The van der Waals surface area contributed by atoms with E-state index in [-0.39, 0.29) is 5.75 Å². The Kier molecular flexibility index (Phi) is 3.87. The molecule has 2 aromatic rings. The highest BCUT2D eigenvalue weighted by atomic mass is 79.9. The summed E-state index contributed by atoms with van der Waals surface area (Å²) >= 11 is 3.34. The number of sulfonamides is 1. The summed E-state index contributed by atoms with van der Waals surface area (Å²) in [6.07, 6.45) is 2.24. The molecule has 0 aliphatic heterocycles. The molecule has 0 aliphatic rings. The van der Waals surface area contributed by atoms with Crippen LogP contribution in [0.1, 0.15) is 13.3 Å². The Morgan fingerprint density at radius 2 is 2.17 bits per heavy atom. The molecule has 4 nitrogen and oxygen atoms in total. The molecule has 1 aromatic carbocycles. The molecule has 0 unspecified atom stereocenters. The number of pyridine rings is 1. The Morgan fingerprint density at radius 1 is 1.39 bits per heavy atom. The Labute approximate surface area is 115 Å². The van der Waals surface area contributed by atoms with Gasteiger partial charge in [-0.15, -0.1) is 0 Å². The minimum absolute atomic E-state index is 0.111. The minimum atomic E-state index is -3.29. The van der Waals surface area contributed by atoms with Crippen LogP contribution in [0.4, 0.5) is 5.69 Å². The molecule has 0 radical (unpaired) electrons. The van der Waals surface area contributed by atoms with E-state index < -0.39 is 10.0 Å². The summed E-state index contributed by atoms with van der Waals surface area (Å²) in [6, 6.07) is 7.32. The van der Waals surface area contributed by atoms with Gasteiger partial charge in [-0.05, 0) is 34.5 Å². The summed E-state index contributed by atoms with van der Waals surface area (Å²) in [5.41, 5.74) is 1.17. The van der Waals surface area contributed by atoms with Gasteiger partial charge in [-0.25, -0.2) is 8.42 Å². The second kappa shape index (κ2) is 5.24. The number of nitrogens with zero attached hydrogens (tertiary/aromatic N) is 1. The molecule has 1 heterocycles. The summed E-state index contributed by atoms with van der Waals surface area (Å²) in [6.45, 7) is 1.83. The van der Waals surface area contributed by atoms with Gasteiger partial charge in [-0.3, -0.25) is 9.71 Å². The zero-order valence-electron chi connectivity index (χ0n) is 9.85. The van der Waals surface area contributed by atoms with Crippen LogP contribution in [0.5, 0.6) is 0 Å². The summed E-state index contributed by atoms with van der Waals surface area (Å²) < 4.78 is 27.0. The van der Waals surface area contributed by atoms with Crippen molar-refractivity contribution in [2.75, 3.05) is 10.5 Å². The number of rotatable bonds is 4. The first-order valence-corrected chi connectivity index (χ1v) is 8.01. The number of aromatic nitrogens is 1. The van der Waals surface area contributed by atoms with Gasteiger partial charge in [0.05, 0.1) is 17.0 Å². The van der Waals surface area contributed by atoms with Crippen LogP contribution in [-0.2, 0) is 10.0 Å². The second-order valence-corrected chi connectivity index (χ2v) is 6.71. The molecule has 0 aliphatic carbocycles. The van der Waals surface area contributed by atoms with Gasteiger partial charge in [0.15, 0.2) is 0 Å². The van der Waals surface area contributed by atoms with Gasteiger partial charge >= 0.3 is 0 Å². The number of halogens is 1. The van der Waals surface area contributed by atoms with Crippen LogP contribution in [0.15, 0.2) is 34.9 Å². The predicted molar refractivity (Wildman–Crippen MR) is 77.1 cm³/mol. The first-order chi connectivity index (χ1) is 8.52. The van der Waals surface area contributed by atoms with Crippen LogP contribution < -0.4 is 4.72 Å². The minimum Gasteiger partial charge on any atom is -0.281 e. The Balaban J connectivity index is 2.46. The van der Waals surface area contributed by atoms with Crippen LogP contribution in [-0.4, -0.2) is 19.2 Å².